The molecule has 0 radical (unpaired) electrons. The molecule has 0 aliphatic heterocycles. The summed E-state index contributed by atoms with van der Waals surface area (Å²) in [6, 6.07) is 16.8. The van der Waals surface area contributed by atoms with E-state index in [1.807, 2.05) is 54.8 Å². The van der Waals surface area contributed by atoms with Crippen LogP contribution in [0.4, 0.5) is 0 Å². The van der Waals surface area contributed by atoms with Gasteiger partial charge in [-0.25, -0.2) is 4.79 Å². The van der Waals surface area contributed by atoms with Crippen molar-refractivity contribution in [3.63, 3.8) is 0 Å². The number of aryl methyl sites for hydroxylation is 1. The van der Waals surface area contributed by atoms with Crippen LogP contribution in [0.15, 0.2) is 73.5 Å². The Morgan fingerprint density at radius 1 is 1.18 bits per heavy atom. The molecule has 2 aromatic carbocycles. The average molecular weight is 545 g/mol. The monoisotopic (exact) mass is 543 g/mol. The molecule has 2 heterocycles. The van der Waals surface area contributed by atoms with E-state index in [9.17, 15) is 9.90 Å². The molecule has 4 aromatic rings. The zero-order valence-corrected chi connectivity index (χ0v) is 20.9. The molecule has 168 valence electrons. The Morgan fingerprint density at radius 2 is 1.94 bits per heavy atom. The minimum atomic E-state index is -1.08. The van der Waals surface area contributed by atoms with E-state index < -0.39 is 5.97 Å². The summed E-state index contributed by atoms with van der Waals surface area (Å²) in [7, 11) is 0. The largest absolute Gasteiger partial charge is 0.477 e. The third-order valence-corrected chi connectivity index (χ3v) is 6.74. The summed E-state index contributed by atoms with van der Waals surface area (Å²) in [5, 5.41) is 19.4. The zero-order valence-electron chi connectivity index (χ0n) is 17.8. The van der Waals surface area contributed by atoms with E-state index in [0.717, 1.165) is 32.9 Å². The summed E-state index contributed by atoms with van der Waals surface area (Å²) in [4.78, 5) is 12.1. The number of hydrogen-bond donors (Lipinski definition) is 1. The normalized spacial score (nSPS) is 11.7. The van der Waals surface area contributed by atoms with Crippen molar-refractivity contribution < 1.29 is 14.3 Å². The van der Waals surface area contributed by atoms with Crippen LogP contribution >= 0.6 is 39.3 Å². The Kier molecular flexibility index (Phi) is 7.07. The lowest BCUT2D eigenvalue weighted by atomic mass is 10.1. The number of hydrogen-bond acceptors (Lipinski definition) is 5. The van der Waals surface area contributed by atoms with Crippen LogP contribution in [0.5, 0.6) is 0 Å². The molecule has 0 atom stereocenters. The molecule has 1 N–H and O–H groups in total. The highest BCUT2D eigenvalue weighted by Crippen LogP contribution is 2.34. The third kappa shape index (κ3) is 5.24. The number of carbonyl (C=O) groups is 1. The van der Waals surface area contributed by atoms with Crippen molar-refractivity contribution in [2.24, 2.45) is 0 Å². The molecule has 0 amide bonds. The number of rotatable bonds is 7. The first-order valence-corrected chi connectivity index (χ1v) is 12.0. The first-order chi connectivity index (χ1) is 15.9. The Bertz CT molecular complexity index is 1350. The van der Waals surface area contributed by atoms with Crippen LogP contribution in [0, 0.1) is 6.92 Å². The van der Waals surface area contributed by atoms with Crippen LogP contribution in [-0.2, 0) is 11.3 Å². The minimum absolute atomic E-state index is 0.0728. The van der Waals surface area contributed by atoms with Crippen molar-refractivity contribution in [1.29, 1.82) is 0 Å². The Hall–Kier alpha value is -2.81. The lowest BCUT2D eigenvalue weighted by molar-refractivity contribution is -0.131. The lowest BCUT2D eigenvalue weighted by Crippen LogP contribution is -2.02. The van der Waals surface area contributed by atoms with Crippen molar-refractivity contribution in [2.45, 2.75) is 25.5 Å². The second-order valence-corrected chi connectivity index (χ2v) is 9.46. The van der Waals surface area contributed by atoms with E-state index in [-0.39, 0.29) is 4.91 Å². The van der Waals surface area contributed by atoms with Gasteiger partial charge in [0.15, 0.2) is 11.0 Å². The SMILES string of the molecule is CCn1c(S/C(=C\c2ccc(-c3ccc(C)cc3Br)o2)C(=O)O)nnc1-c1ccc(Cl)cc1. The Labute approximate surface area is 208 Å². The number of halogens is 2. The summed E-state index contributed by atoms with van der Waals surface area (Å²) >= 11 is 10.6. The predicted octanol–water partition coefficient (Wildman–Crippen LogP) is 7.17. The van der Waals surface area contributed by atoms with Crippen LogP contribution in [-0.4, -0.2) is 25.8 Å². The first-order valence-electron chi connectivity index (χ1n) is 10.0. The van der Waals surface area contributed by atoms with E-state index >= 15 is 0 Å². The van der Waals surface area contributed by atoms with E-state index in [1.165, 1.54) is 6.08 Å². The molecule has 9 heteroatoms. The number of nitrogens with zero attached hydrogens (tertiary/aromatic N) is 3. The number of carboxylic acids is 1. The summed E-state index contributed by atoms with van der Waals surface area (Å²) in [6.07, 6.45) is 1.50. The maximum absolute atomic E-state index is 12.0. The predicted molar refractivity (Wildman–Crippen MR) is 134 cm³/mol. The Balaban J connectivity index is 1.63. The quantitative estimate of drug-likeness (QED) is 0.196. The van der Waals surface area contributed by atoms with Crippen molar-refractivity contribution in [3.8, 4) is 22.7 Å². The van der Waals surface area contributed by atoms with E-state index in [2.05, 4.69) is 26.1 Å². The first kappa shape index (κ1) is 23.4. The van der Waals surface area contributed by atoms with Gasteiger partial charge in [-0.15, -0.1) is 10.2 Å². The highest BCUT2D eigenvalue weighted by Gasteiger charge is 2.19. The fourth-order valence-electron chi connectivity index (χ4n) is 3.22. The molecule has 0 saturated carbocycles. The van der Waals surface area contributed by atoms with Crippen LogP contribution in [0.25, 0.3) is 28.8 Å². The molecule has 0 aliphatic rings. The molecule has 0 unspecified atom stereocenters. The van der Waals surface area contributed by atoms with Gasteiger partial charge in [0.05, 0.1) is 0 Å². The third-order valence-electron chi connectivity index (χ3n) is 4.84. The average Bonchev–Trinajstić information content (AvgIpc) is 3.40. The van der Waals surface area contributed by atoms with Gasteiger partial charge in [-0.2, -0.15) is 0 Å². The second-order valence-electron chi connectivity index (χ2n) is 7.16. The lowest BCUT2D eigenvalue weighted by Gasteiger charge is -2.07. The molecular formula is C24H19BrClN3O3S. The number of aliphatic carboxylic acids is 1. The van der Waals surface area contributed by atoms with E-state index in [4.69, 9.17) is 16.0 Å². The summed E-state index contributed by atoms with van der Waals surface area (Å²) in [5.41, 5.74) is 2.86. The summed E-state index contributed by atoms with van der Waals surface area (Å²) < 4.78 is 8.68. The smallest absolute Gasteiger partial charge is 0.342 e. The zero-order chi connectivity index (χ0) is 23.5. The molecule has 4 rings (SSSR count). The van der Waals surface area contributed by atoms with Crippen LogP contribution in [0.2, 0.25) is 5.02 Å². The summed E-state index contributed by atoms with van der Waals surface area (Å²) in [5.74, 6) is 0.645. The fraction of sp³-hybridized carbons (Fsp3) is 0.125. The van der Waals surface area contributed by atoms with Crippen LogP contribution < -0.4 is 0 Å². The van der Waals surface area contributed by atoms with Crippen LogP contribution in [0.3, 0.4) is 0 Å². The van der Waals surface area contributed by atoms with Gasteiger partial charge >= 0.3 is 5.97 Å². The van der Waals surface area contributed by atoms with Crippen molar-refractivity contribution in [3.05, 3.63) is 80.3 Å². The van der Waals surface area contributed by atoms with Gasteiger partial charge in [0.2, 0.25) is 0 Å². The molecule has 0 saturated heterocycles. The number of furan rings is 1. The second kappa shape index (κ2) is 9.99. The highest BCUT2D eigenvalue weighted by molar-refractivity contribution is 9.10. The molecule has 0 spiro atoms. The maximum atomic E-state index is 12.0. The van der Waals surface area contributed by atoms with Crippen molar-refractivity contribution in [2.75, 3.05) is 0 Å². The van der Waals surface area contributed by atoms with Crippen LogP contribution in [0.1, 0.15) is 18.2 Å². The van der Waals surface area contributed by atoms with Gasteiger partial charge in [-0.1, -0.05) is 33.6 Å². The molecular weight excluding hydrogens is 526 g/mol. The minimum Gasteiger partial charge on any atom is -0.477 e. The number of benzene rings is 2. The fourth-order valence-corrected chi connectivity index (χ4v) is 4.90. The van der Waals surface area contributed by atoms with Crippen molar-refractivity contribution >= 4 is 51.3 Å². The van der Waals surface area contributed by atoms with Gasteiger partial charge in [-0.3, -0.25) is 0 Å². The summed E-state index contributed by atoms with van der Waals surface area (Å²) in [6.45, 7) is 4.54. The van der Waals surface area contributed by atoms with Gasteiger partial charge in [-0.05, 0) is 79.7 Å². The molecule has 0 fully saturated rings. The Morgan fingerprint density at radius 3 is 2.61 bits per heavy atom. The van der Waals surface area contributed by atoms with Gasteiger partial charge in [0.1, 0.15) is 16.4 Å². The number of carboxylic acid groups (broad SMARTS) is 1. The van der Waals surface area contributed by atoms with Gasteiger partial charge in [0.25, 0.3) is 0 Å². The van der Waals surface area contributed by atoms with Crippen molar-refractivity contribution in [1.82, 2.24) is 14.8 Å². The molecule has 0 bridgehead atoms. The number of thioether (sulfide) groups is 1. The maximum Gasteiger partial charge on any atom is 0.342 e. The van der Waals surface area contributed by atoms with E-state index in [0.29, 0.717) is 34.1 Å². The molecule has 33 heavy (non-hydrogen) atoms. The standard InChI is InChI=1S/C24H19BrClN3O3S/c1-3-29-22(15-5-7-16(26)8-6-15)27-28-24(29)33-21(23(30)31)13-17-9-11-20(32-17)18-10-4-14(2)12-19(18)25/h4-13H,3H2,1-2H3,(H,30,31)/b21-13-. The molecule has 0 aliphatic carbocycles. The molecule has 2 aromatic heterocycles. The van der Waals surface area contributed by atoms with Gasteiger partial charge in [0, 0.05) is 33.2 Å². The topological polar surface area (TPSA) is 81.2 Å². The van der Waals surface area contributed by atoms with Gasteiger partial charge < -0.3 is 14.1 Å². The van der Waals surface area contributed by atoms with E-state index in [1.54, 1.807) is 18.2 Å². The highest BCUT2D eigenvalue weighted by atomic mass is 79.9. The molecule has 6 nitrogen and oxygen atoms in total. The number of aromatic nitrogens is 3.